The number of alkyl halides is 2. The Morgan fingerprint density at radius 1 is 1.50 bits per heavy atom. The van der Waals surface area contributed by atoms with E-state index >= 15 is 0 Å². The van der Waals surface area contributed by atoms with E-state index in [4.69, 9.17) is 10.5 Å². The summed E-state index contributed by atoms with van der Waals surface area (Å²) in [7, 11) is 0. The first-order valence-electron chi connectivity index (χ1n) is 4.64. The van der Waals surface area contributed by atoms with Gasteiger partial charge in [-0.2, -0.15) is 0 Å². The Bertz CT molecular complexity index is 513. The van der Waals surface area contributed by atoms with Gasteiger partial charge in [-0.15, -0.1) is 11.3 Å². The van der Waals surface area contributed by atoms with Crippen molar-refractivity contribution in [3.8, 4) is 5.75 Å². The van der Waals surface area contributed by atoms with Crippen molar-refractivity contribution < 1.29 is 13.5 Å². The zero-order valence-corrected chi connectivity index (χ0v) is 9.35. The van der Waals surface area contributed by atoms with Crippen molar-refractivity contribution in [2.45, 2.75) is 13.3 Å². The molecule has 2 N–H and O–H groups in total. The molecule has 1 aromatic carbocycles. The van der Waals surface area contributed by atoms with Crippen LogP contribution < -0.4 is 10.5 Å². The van der Waals surface area contributed by atoms with Gasteiger partial charge in [0, 0.05) is 6.07 Å². The largest absolute Gasteiger partial charge is 0.485 e. The Balaban J connectivity index is 2.34. The first kappa shape index (κ1) is 11.1. The van der Waals surface area contributed by atoms with Crippen molar-refractivity contribution in [3.63, 3.8) is 0 Å². The van der Waals surface area contributed by atoms with E-state index in [0.717, 1.165) is 15.2 Å². The third-order valence-electron chi connectivity index (χ3n) is 1.99. The summed E-state index contributed by atoms with van der Waals surface area (Å²) in [5.74, 6) is 0.262. The van der Waals surface area contributed by atoms with Gasteiger partial charge in [-0.1, -0.05) is 0 Å². The summed E-state index contributed by atoms with van der Waals surface area (Å²) in [6.45, 7) is 1.22. The summed E-state index contributed by atoms with van der Waals surface area (Å²) in [6, 6.07) is 3.29. The average Bonchev–Trinajstić information content (AvgIpc) is 2.53. The lowest BCUT2D eigenvalue weighted by atomic mass is 10.3. The fraction of sp³-hybridized carbons (Fsp3) is 0.300. The van der Waals surface area contributed by atoms with Crippen molar-refractivity contribution in [1.82, 2.24) is 4.98 Å². The highest BCUT2D eigenvalue weighted by molar-refractivity contribution is 7.18. The van der Waals surface area contributed by atoms with Crippen LogP contribution >= 0.6 is 11.3 Å². The van der Waals surface area contributed by atoms with Gasteiger partial charge in [0.2, 0.25) is 0 Å². The lowest BCUT2D eigenvalue weighted by Gasteiger charge is -2.07. The number of nitrogens with two attached hydrogens (primary N) is 1. The molecule has 0 unspecified atom stereocenters. The lowest BCUT2D eigenvalue weighted by Crippen LogP contribution is -2.08. The third-order valence-corrected chi connectivity index (χ3v) is 2.93. The van der Waals surface area contributed by atoms with E-state index in [1.165, 1.54) is 11.3 Å². The van der Waals surface area contributed by atoms with Crippen LogP contribution in [0.2, 0.25) is 0 Å². The van der Waals surface area contributed by atoms with Crippen molar-refractivity contribution in [2.24, 2.45) is 0 Å². The van der Waals surface area contributed by atoms with E-state index in [9.17, 15) is 8.78 Å². The Morgan fingerprint density at radius 2 is 2.25 bits per heavy atom. The van der Waals surface area contributed by atoms with Gasteiger partial charge < -0.3 is 10.5 Å². The zero-order valence-electron chi connectivity index (χ0n) is 8.54. The van der Waals surface area contributed by atoms with Crippen LogP contribution in [0.1, 0.15) is 5.01 Å². The van der Waals surface area contributed by atoms with Gasteiger partial charge in [0.05, 0.1) is 20.9 Å². The molecule has 2 rings (SSSR count). The summed E-state index contributed by atoms with van der Waals surface area (Å²) in [5, 5.41) is 0.903. The van der Waals surface area contributed by atoms with Crippen molar-refractivity contribution >= 4 is 27.2 Å². The van der Waals surface area contributed by atoms with Crippen molar-refractivity contribution in [2.75, 3.05) is 12.3 Å². The molecule has 0 aliphatic heterocycles. The molecule has 3 nitrogen and oxygen atoms in total. The molecule has 0 spiro atoms. The van der Waals surface area contributed by atoms with E-state index in [-0.39, 0.29) is 5.75 Å². The van der Waals surface area contributed by atoms with Gasteiger partial charge >= 0.3 is 0 Å². The van der Waals surface area contributed by atoms with Crippen LogP contribution in [0, 0.1) is 6.92 Å². The number of aryl methyl sites for hydroxylation is 1. The molecule has 6 heteroatoms. The maximum Gasteiger partial charge on any atom is 0.272 e. The van der Waals surface area contributed by atoms with Crippen LogP contribution in [0.4, 0.5) is 14.5 Å². The van der Waals surface area contributed by atoms with E-state index in [0.29, 0.717) is 5.69 Å². The molecule has 0 radical (unpaired) electrons. The number of nitrogens with zero attached hydrogens (tertiary/aromatic N) is 1. The Kier molecular flexibility index (Phi) is 2.91. The molecule has 0 saturated heterocycles. The predicted molar refractivity (Wildman–Crippen MR) is 60.3 cm³/mol. The van der Waals surface area contributed by atoms with Gasteiger partial charge in [-0.05, 0) is 13.0 Å². The summed E-state index contributed by atoms with van der Waals surface area (Å²) < 4.78 is 29.8. The predicted octanol–water partition coefficient (Wildman–Crippen LogP) is 2.83. The molecule has 0 fully saturated rings. The summed E-state index contributed by atoms with van der Waals surface area (Å²) in [4.78, 5) is 4.24. The van der Waals surface area contributed by atoms with E-state index in [1.54, 1.807) is 12.1 Å². The number of halogens is 2. The van der Waals surface area contributed by atoms with Gasteiger partial charge in [-0.25, -0.2) is 13.8 Å². The Hall–Kier alpha value is -1.43. The highest BCUT2D eigenvalue weighted by Crippen LogP contribution is 2.31. The van der Waals surface area contributed by atoms with Gasteiger partial charge in [0.25, 0.3) is 6.43 Å². The summed E-state index contributed by atoms with van der Waals surface area (Å²) in [6.07, 6.45) is -2.51. The zero-order chi connectivity index (χ0) is 11.7. The second-order valence-corrected chi connectivity index (χ2v) is 4.53. The quantitative estimate of drug-likeness (QED) is 0.844. The number of fused-ring (bicyclic) bond motifs is 1. The second kappa shape index (κ2) is 4.21. The number of rotatable bonds is 3. The minimum Gasteiger partial charge on any atom is -0.485 e. The van der Waals surface area contributed by atoms with Crippen LogP contribution in [0.5, 0.6) is 5.75 Å². The molecule has 0 aliphatic carbocycles. The SMILES string of the molecule is Cc1nc2cc(OCC(F)F)c(N)cc2s1. The van der Waals surface area contributed by atoms with Crippen molar-refractivity contribution in [3.05, 3.63) is 17.1 Å². The number of hydrogen-bond acceptors (Lipinski definition) is 4. The number of aromatic nitrogens is 1. The van der Waals surface area contributed by atoms with Gasteiger partial charge in [-0.3, -0.25) is 0 Å². The topological polar surface area (TPSA) is 48.1 Å². The molecule has 0 saturated carbocycles. The highest BCUT2D eigenvalue weighted by atomic mass is 32.1. The molecule has 86 valence electrons. The average molecular weight is 244 g/mol. The van der Waals surface area contributed by atoms with Gasteiger partial charge in [0.1, 0.15) is 12.4 Å². The van der Waals surface area contributed by atoms with Crippen LogP contribution in [-0.4, -0.2) is 18.0 Å². The van der Waals surface area contributed by atoms with Crippen LogP contribution in [0.15, 0.2) is 12.1 Å². The molecule has 16 heavy (non-hydrogen) atoms. The normalized spacial score (nSPS) is 11.2. The molecule has 0 aliphatic rings. The third kappa shape index (κ3) is 2.21. The summed E-state index contributed by atoms with van der Waals surface area (Å²) >= 11 is 1.50. The molecular formula is C10H10F2N2OS. The van der Waals surface area contributed by atoms with Crippen LogP contribution in [-0.2, 0) is 0 Å². The smallest absolute Gasteiger partial charge is 0.272 e. The monoisotopic (exact) mass is 244 g/mol. The fourth-order valence-corrected chi connectivity index (χ4v) is 2.22. The van der Waals surface area contributed by atoms with Crippen LogP contribution in [0.25, 0.3) is 10.2 Å². The first-order chi connectivity index (χ1) is 7.56. The maximum atomic E-state index is 12.0. The number of benzene rings is 1. The standard InChI is InChI=1S/C10H10F2N2OS/c1-5-14-7-3-8(15-4-10(11)12)6(13)2-9(7)16-5/h2-3,10H,4,13H2,1H3. The molecule has 2 aromatic rings. The highest BCUT2D eigenvalue weighted by Gasteiger charge is 2.09. The minimum absolute atomic E-state index is 0.262. The minimum atomic E-state index is -2.51. The van der Waals surface area contributed by atoms with E-state index in [1.807, 2.05) is 6.92 Å². The molecule has 1 heterocycles. The molecular weight excluding hydrogens is 234 g/mol. The van der Waals surface area contributed by atoms with E-state index in [2.05, 4.69) is 4.98 Å². The molecule has 1 aromatic heterocycles. The first-order valence-corrected chi connectivity index (χ1v) is 5.45. The van der Waals surface area contributed by atoms with E-state index < -0.39 is 13.0 Å². The number of ether oxygens (including phenoxy) is 1. The number of hydrogen-bond donors (Lipinski definition) is 1. The maximum absolute atomic E-state index is 12.0. The Morgan fingerprint density at radius 3 is 2.94 bits per heavy atom. The number of anilines is 1. The molecule has 0 amide bonds. The van der Waals surface area contributed by atoms with Crippen molar-refractivity contribution in [1.29, 1.82) is 0 Å². The van der Waals surface area contributed by atoms with Crippen LogP contribution in [0.3, 0.4) is 0 Å². The number of nitrogen functional groups attached to an aromatic ring is 1. The molecule has 0 bridgehead atoms. The van der Waals surface area contributed by atoms with Gasteiger partial charge in [0.15, 0.2) is 0 Å². The Labute approximate surface area is 94.9 Å². The second-order valence-electron chi connectivity index (χ2n) is 3.29. The lowest BCUT2D eigenvalue weighted by molar-refractivity contribution is 0.0823. The molecule has 0 atom stereocenters. The number of thiazole rings is 1. The fourth-order valence-electron chi connectivity index (χ4n) is 1.36. The summed E-state index contributed by atoms with van der Waals surface area (Å²) in [5.41, 5.74) is 6.77.